The number of halogens is 2. The second kappa shape index (κ2) is 8.83. The summed E-state index contributed by atoms with van der Waals surface area (Å²) in [5.74, 6) is 0.844. The number of ether oxygens (including phenoxy) is 1. The number of fused-ring (bicyclic) bond motifs is 1. The number of anilines is 1. The minimum atomic E-state index is 0. The van der Waals surface area contributed by atoms with E-state index < -0.39 is 0 Å². The summed E-state index contributed by atoms with van der Waals surface area (Å²) >= 11 is 5.97. The lowest BCUT2D eigenvalue weighted by Crippen LogP contribution is -2.07. The third-order valence-electron chi connectivity index (χ3n) is 3.56. The molecule has 0 aliphatic carbocycles. The van der Waals surface area contributed by atoms with Gasteiger partial charge in [-0.1, -0.05) is 23.7 Å². The zero-order valence-electron chi connectivity index (χ0n) is 13.3. The summed E-state index contributed by atoms with van der Waals surface area (Å²) in [4.78, 5) is 9.22. The standard InChI is InChI=1S/C18H18ClN3O.ClH/c1-23-11-3-10-21-18-15-4-2-9-20-17(15)12-16(22-18)13-5-7-14(19)8-6-13;/h2,4-9,12H,3,10-11H2,1H3,(H,21,22);1H. The van der Waals surface area contributed by atoms with Crippen LogP contribution in [-0.4, -0.2) is 30.2 Å². The molecule has 0 saturated carbocycles. The molecule has 3 rings (SSSR count). The monoisotopic (exact) mass is 363 g/mol. The van der Waals surface area contributed by atoms with Crippen molar-refractivity contribution in [2.24, 2.45) is 0 Å². The third-order valence-corrected chi connectivity index (χ3v) is 3.81. The molecule has 1 aromatic carbocycles. The molecule has 0 atom stereocenters. The third kappa shape index (κ3) is 4.35. The van der Waals surface area contributed by atoms with Crippen LogP contribution in [0.1, 0.15) is 6.42 Å². The molecule has 0 saturated heterocycles. The smallest absolute Gasteiger partial charge is 0.136 e. The maximum atomic E-state index is 5.97. The minimum Gasteiger partial charge on any atom is -0.385 e. The molecule has 6 heteroatoms. The highest BCUT2D eigenvalue weighted by Crippen LogP contribution is 2.27. The van der Waals surface area contributed by atoms with E-state index in [2.05, 4.69) is 10.3 Å². The highest BCUT2D eigenvalue weighted by molar-refractivity contribution is 6.30. The molecule has 2 heterocycles. The van der Waals surface area contributed by atoms with E-state index in [-0.39, 0.29) is 12.4 Å². The van der Waals surface area contributed by atoms with Crippen LogP contribution < -0.4 is 5.32 Å². The van der Waals surface area contributed by atoms with Crippen molar-refractivity contribution in [3.05, 3.63) is 53.7 Å². The molecule has 0 radical (unpaired) electrons. The molecule has 4 nitrogen and oxygen atoms in total. The quantitative estimate of drug-likeness (QED) is 0.637. The molecule has 0 unspecified atom stereocenters. The Kier molecular flexibility index (Phi) is 6.79. The zero-order valence-corrected chi connectivity index (χ0v) is 14.9. The minimum absolute atomic E-state index is 0. The van der Waals surface area contributed by atoms with Crippen LogP contribution in [-0.2, 0) is 4.74 Å². The average Bonchev–Trinajstić information content (AvgIpc) is 2.59. The van der Waals surface area contributed by atoms with Crippen molar-refractivity contribution in [2.45, 2.75) is 6.42 Å². The van der Waals surface area contributed by atoms with Crippen molar-refractivity contribution >= 4 is 40.7 Å². The summed E-state index contributed by atoms with van der Waals surface area (Å²) in [6, 6.07) is 13.6. The van der Waals surface area contributed by atoms with Gasteiger partial charge in [-0.2, -0.15) is 0 Å². The van der Waals surface area contributed by atoms with Gasteiger partial charge in [-0.3, -0.25) is 4.98 Å². The number of pyridine rings is 2. The maximum absolute atomic E-state index is 5.97. The molecule has 0 aliphatic heterocycles. The fourth-order valence-electron chi connectivity index (χ4n) is 2.40. The Hall–Kier alpha value is -1.88. The van der Waals surface area contributed by atoms with Gasteiger partial charge < -0.3 is 10.1 Å². The lowest BCUT2D eigenvalue weighted by molar-refractivity contribution is 0.198. The van der Waals surface area contributed by atoms with Gasteiger partial charge in [0.1, 0.15) is 5.82 Å². The predicted octanol–water partition coefficient (Wildman–Crippen LogP) is 4.82. The van der Waals surface area contributed by atoms with E-state index >= 15 is 0 Å². The topological polar surface area (TPSA) is 47.0 Å². The number of nitrogens with one attached hydrogen (secondary N) is 1. The van der Waals surface area contributed by atoms with Gasteiger partial charge in [0.05, 0.1) is 11.2 Å². The highest BCUT2D eigenvalue weighted by Gasteiger charge is 2.08. The number of methoxy groups -OCH3 is 1. The molecule has 24 heavy (non-hydrogen) atoms. The van der Waals surface area contributed by atoms with Crippen LogP contribution in [0, 0.1) is 0 Å². The second-order valence-corrected chi connectivity index (χ2v) is 5.64. The number of rotatable bonds is 6. The summed E-state index contributed by atoms with van der Waals surface area (Å²) in [5.41, 5.74) is 2.81. The molecule has 0 bridgehead atoms. The molecule has 0 fully saturated rings. The first-order chi connectivity index (χ1) is 11.3. The van der Waals surface area contributed by atoms with Crippen molar-refractivity contribution in [1.29, 1.82) is 0 Å². The largest absolute Gasteiger partial charge is 0.385 e. The fourth-order valence-corrected chi connectivity index (χ4v) is 2.53. The van der Waals surface area contributed by atoms with Crippen molar-refractivity contribution < 1.29 is 4.74 Å². The molecule has 3 aromatic rings. The van der Waals surface area contributed by atoms with Crippen LogP contribution >= 0.6 is 24.0 Å². The summed E-state index contributed by atoms with van der Waals surface area (Å²) in [7, 11) is 1.71. The van der Waals surface area contributed by atoms with Gasteiger partial charge in [-0.25, -0.2) is 4.98 Å². The maximum Gasteiger partial charge on any atom is 0.136 e. The Morgan fingerprint density at radius 1 is 1.17 bits per heavy atom. The van der Waals surface area contributed by atoms with Crippen molar-refractivity contribution in [3.8, 4) is 11.3 Å². The Bertz CT molecular complexity index is 794. The lowest BCUT2D eigenvalue weighted by Gasteiger charge is -2.11. The van der Waals surface area contributed by atoms with Crippen LogP contribution in [0.4, 0.5) is 5.82 Å². The van der Waals surface area contributed by atoms with E-state index in [9.17, 15) is 0 Å². The zero-order chi connectivity index (χ0) is 16.1. The van der Waals surface area contributed by atoms with Gasteiger partial charge in [0.15, 0.2) is 0 Å². The first-order valence-electron chi connectivity index (χ1n) is 7.52. The molecular formula is C18H19Cl2N3O. The van der Waals surface area contributed by atoms with Crippen LogP contribution in [0.3, 0.4) is 0 Å². The molecule has 2 aromatic heterocycles. The van der Waals surface area contributed by atoms with Crippen molar-refractivity contribution in [3.63, 3.8) is 0 Å². The molecular weight excluding hydrogens is 345 g/mol. The van der Waals surface area contributed by atoms with E-state index in [1.807, 2.05) is 42.5 Å². The molecule has 1 N–H and O–H groups in total. The van der Waals surface area contributed by atoms with Gasteiger partial charge >= 0.3 is 0 Å². The number of nitrogens with zero attached hydrogens (tertiary/aromatic N) is 2. The summed E-state index contributed by atoms with van der Waals surface area (Å²) in [5, 5.41) is 5.12. The van der Waals surface area contributed by atoms with Crippen molar-refractivity contribution in [2.75, 3.05) is 25.6 Å². The van der Waals surface area contributed by atoms with Gasteiger partial charge in [-0.15, -0.1) is 12.4 Å². The summed E-state index contributed by atoms with van der Waals surface area (Å²) < 4.78 is 5.09. The Morgan fingerprint density at radius 3 is 2.71 bits per heavy atom. The van der Waals surface area contributed by atoms with Crippen LogP contribution in [0.5, 0.6) is 0 Å². The normalized spacial score (nSPS) is 10.4. The SMILES string of the molecule is COCCCNc1nc(-c2ccc(Cl)cc2)cc2ncccc12.Cl. The van der Waals surface area contributed by atoms with E-state index in [4.69, 9.17) is 21.3 Å². The lowest BCUT2D eigenvalue weighted by atomic mass is 10.1. The Balaban J connectivity index is 0.00000208. The molecule has 0 spiro atoms. The number of hydrogen-bond donors (Lipinski definition) is 1. The van der Waals surface area contributed by atoms with Gasteiger partial charge in [-0.05, 0) is 36.8 Å². The fraction of sp³-hybridized carbons (Fsp3) is 0.222. The highest BCUT2D eigenvalue weighted by atomic mass is 35.5. The van der Waals surface area contributed by atoms with Crippen molar-refractivity contribution in [1.82, 2.24) is 9.97 Å². The first-order valence-corrected chi connectivity index (χ1v) is 7.90. The Labute approximate surface area is 152 Å². The second-order valence-electron chi connectivity index (χ2n) is 5.21. The van der Waals surface area contributed by atoms with E-state index in [0.29, 0.717) is 5.02 Å². The van der Waals surface area contributed by atoms with Gasteiger partial charge in [0, 0.05) is 42.4 Å². The first kappa shape index (κ1) is 18.5. The van der Waals surface area contributed by atoms with Crippen LogP contribution in [0.25, 0.3) is 22.2 Å². The van der Waals surface area contributed by atoms with Crippen LogP contribution in [0.2, 0.25) is 5.02 Å². The Morgan fingerprint density at radius 2 is 1.96 bits per heavy atom. The van der Waals surface area contributed by atoms with E-state index in [0.717, 1.165) is 47.6 Å². The summed E-state index contributed by atoms with van der Waals surface area (Å²) in [6.07, 6.45) is 2.72. The summed E-state index contributed by atoms with van der Waals surface area (Å²) in [6.45, 7) is 1.52. The number of aromatic nitrogens is 2. The van der Waals surface area contributed by atoms with Gasteiger partial charge in [0.2, 0.25) is 0 Å². The number of benzene rings is 1. The predicted molar refractivity (Wildman–Crippen MR) is 102 cm³/mol. The number of hydrogen-bond acceptors (Lipinski definition) is 4. The van der Waals surface area contributed by atoms with Crippen LogP contribution in [0.15, 0.2) is 48.7 Å². The molecule has 126 valence electrons. The van der Waals surface area contributed by atoms with E-state index in [1.54, 1.807) is 13.3 Å². The van der Waals surface area contributed by atoms with E-state index in [1.165, 1.54) is 0 Å². The average molecular weight is 364 g/mol. The molecule has 0 amide bonds. The molecule has 0 aliphatic rings. The van der Waals surface area contributed by atoms with Gasteiger partial charge in [0.25, 0.3) is 0 Å².